The second kappa shape index (κ2) is 8.16. The van der Waals surface area contributed by atoms with Crippen LogP contribution in [-0.2, 0) is 6.42 Å². The van der Waals surface area contributed by atoms with Gasteiger partial charge in [0, 0.05) is 23.4 Å². The molecule has 30 heavy (non-hydrogen) atoms. The largest absolute Gasteiger partial charge is 0.463 e. The van der Waals surface area contributed by atoms with Crippen LogP contribution in [0.4, 0.5) is 10.2 Å². The first-order valence-corrected chi connectivity index (χ1v) is 9.35. The van der Waals surface area contributed by atoms with Crippen molar-refractivity contribution in [3.05, 3.63) is 82.2 Å². The second-order valence-electron chi connectivity index (χ2n) is 6.58. The highest BCUT2D eigenvalue weighted by atomic mass is 19.1. The van der Waals surface area contributed by atoms with Crippen LogP contribution in [-0.4, -0.2) is 25.7 Å². The number of aromatic nitrogens is 4. The highest BCUT2D eigenvalue weighted by Gasteiger charge is 2.18. The molecule has 0 radical (unpaired) electrons. The van der Waals surface area contributed by atoms with Crippen molar-refractivity contribution in [1.29, 1.82) is 0 Å². The normalized spacial score (nSPS) is 10.9. The summed E-state index contributed by atoms with van der Waals surface area (Å²) in [5.74, 6) is -0.188. The van der Waals surface area contributed by atoms with Gasteiger partial charge in [-0.25, -0.2) is 9.37 Å². The topological polar surface area (TPSA) is 106 Å². The molecule has 1 amide bonds. The van der Waals surface area contributed by atoms with E-state index < -0.39 is 11.7 Å². The Kier molecular flexibility index (Phi) is 5.25. The van der Waals surface area contributed by atoms with Gasteiger partial charge in [-0.1, -0.05) is 19.4 Å². The van der Waals surface area contributed by atoms with Crippen molar-refractivity contribution in [1.82, 2.24) is 19.7 Å². The lowest BCUT2D eigenvalue weighted by molar-refractivity contribution is 0.102. The quantitative estimate of drug-likeness (QED) is 0.508. The summed E-state index contributed by atoms with van der Waals surface area (Å²) in [6, 6.07) is 11.8. The van der Waals surface area contributed by atoms with Crippen LogP contribution in [0.5, 0.6) is 0 Å². The Morgan fingerprint density at radius 1 is 1.23 bits per heavy atom. The Bertz CT molecular complexity index is 1240. The molecule has 152 valence electrons. The maximum atomic E-state index is 13.5. The number of halogens is 1. The van der Waals surface area contributed by atoms with Crippen LogP contribution >= 0.6 is 0 Å². The van der Waals surface area contributed by atoms with E-state index >= 15 is 0 Å². The molecule has 0 atom stereocenters. The fourth-order valence-electron chi connectivity index (χ4n) is 2.97. The predicted molar refractivity (Wildman–Crippen MR) is 108 cm³/mol. The number of carbonyl (C=O) groups is 1. The maximum Gasteiger partial charge on any atom is 0.256 e. The lowest BCUT2D eigenvalue weighted by Gasteiger charge is -2.09. The van der Waals surface area contributed by atoms with Crippen molar-refractivity contribution < 1.29 is 13.6 Å². The molecule has 0 saturated carbocycles. The van der Waals surface area contributed by atoms with Crippen molar-refractivity contribution in [2.75, 3.05) is 5.32 Å². The Hall–Kier alpha value is -4.01. The number of anilines is 1. The number of furan rings is 1. The van der Waals surface area contributed by atoms with Gasteiger partial charge in [-0.3, -0.25) is 14.6 Å². The average molecular weight is 407 g/mol. The fraction of sp³-hybridized carbons (Fsp3) is 0.143. The average Bonchev–Trinajstić information content (AvgIpc) is 3.37. The maximum absolute atomic E-state index is 13.5. The number of aromatic amines is 1. The van der Waals surface area contributed by atoms with Gasteiger partial charge in [-0.15, -0.1) is 0 Å². The molecule has 0 fully saturated rings. The summed E-state index contributed by atoms with van der Waals surface area (Å²) >= 11 is 0. The van der Waals surface area contributed by atoms with E-state index in [-0.39, 0.29) is 22.9 Å². The van der Waals surface area contributed by atoms with Gasteiger partial charge in [0.05, 0.1) is 6.26 Å². The zero-order valence-electron chi connectivity index (χ0n) is 16.1. The zero-order chi connectivity index (χ0) is 21.1. The fourth-order valence-corrected chi connectivity index (χ4v) is 2.97. The Balaban J connectivity index is 1.78. The summed E-state index contributed by atoms with van der Waals surface area (Å²) in [5, 5.41) is 7.13. The monoisotopic (exact) mass is 407 g/mol. The van der Waals surface area contributed by atoms with Crippen molar-refractivity contribution in [2.24, 2.45) is 0 Å². The van der Waals surface area contributed by atoms with Crippen LogP contribution in [0.1, 0.15) is 29.4 Å². The van der Waals surface area contributed by atoms with Gasteiger partial charge < -0.3 is 9.73 Å². The minimum Gasteiger partial charge on any atom is -0.463 e. The number of nitrogens with zero attached hydrogens (tertiary/aromatic N) is 3. The van der Waals surface area contributed by atoms with Gasteiger partial charge in [-0.05, 0) is 36.8 Å². The summed E-state index contributed by atoms with van der Waals surface area (Å²) in [6.45, 7) is 1.98. The van der Waals surface area contributed by atoms with Gasteiger partial charge in [0.2, 0.25) is 5.95 Å². The Labute approximate surface area is 170 Å². The molecule has 8 nitrogen and oxygen atoms in total. The van der Waals surface area contributed by atoms with E-state index in [4.69, 9.17) is 4.42 Å². The van der Waals surface area contributed by atoms with Gasteiger partial charge in [0.25, 0.3) is 11.5 Å². The van der Waals surface area contributed by atoms with Crippen LogP contribution in [0.2, 0.25) is 0 Å². The van der Waals surface area contributed by atoms with Gasteiger partial charge in [0.15, 0.2) is 5.76 Å². The molecule has 0 aliphatic heterocycles. The number of rotatable bonds is 6. The molecule has 4 rings (SSSR count). The number of amides is 1. The SMILES string of the molecule is CCCc1cc(=O)[nH]c(-n2nc(-c3ccco3)cc2NC(=O)c2cccc(F)c2)n1. The van der Waals surface area contributed by atoms with E-state index in [1.807, 2.05) is 6.92 Å². The molecule has 0 spiro atoms. The number of H-pyrrole nitrogens is 1. The van der Waals surface area contributed by atoms with Crippen LogP contribution in [0.15, 0.2) is 64.0 Å². The van der Waals surface area contributed by atoms with Crippen molar-refractivity contribution in [3.63, 3.8) is 0 Å². The number of nitrogens with one attached hydrogen (secondary N) is 2. The minimum absolute atomic E-state index is 0.142. The third kappa shape index (κ3) is 4.04. The summed E-state index contributed by atoms with van der Waals surface area (Å²) in [5.41, 5.74) is 0.844. The second-order valence-corrected chi connectivity index (χ2v) is 6.58. The molecular formula is C21H18FN5O3. The molecule has 3 aromatic heterocycles. The van der Waals surface area contributed by atoms with E-state index in [0.29, 0.717) is 23.6 Å². The van der Waals surface area contributed by atoms with E-state index in [9.17, 15) is 14.0 Å². The van der Waals surface area contributed by atoms with Crippen molar-refractivity contribution in [2.45, 2.75) is 19.8 Å². The molecule has 3 heterocycles. The van der Waals surface area contributed by atoms with E-state index in [2.05, 4.69) is 20.4 Å². The lowest BCUT2D eigenvalue weighted by atomic mass is 10.2. The first kappa shape index (κ1) is 19.3. The minimum atomic E-state index is -0.534. The zero-order valence-corrected chi connectivity index (χ0v) is 16.1. The van der Waals surface area contributed by atoms with Crippen LogP contribution in [0.25, 0.3) is 17.4 Å². The van der Waals surface area contributed by atoms with Crippen molar-refractivity contribution in [3.8, 4) is 17.4 Å². The summed E-state index contributed by atoms with van der Waals surface area (Å²) in [6.07, 6.45) is 2.94. The van der Waals surface area contributed by atoms with E-state index in [0.717, 1.165) is 12.5 Å². The smallest absolute Gasteiger partial charge is 0.256 e. The molecule has 4 aromatic rings. The molecule has 1 aromatic carbocycles. The molecule has 2 N–H and O–H groups in total. The number of benzene rings is 1. The van der Waals surface area contributed by atoms with Crippen LogP contribution in [0.3, 0.4) is 0 Å². The molecule has 0 aliphatic carbocycles. The molecule has 0 saturated heterocycles. The Morgan fingerprint density at radius 3 is 2.83 bits per heavy atom. The van der Waals surface area contributed by atoms with Crippen LogP contribution in [0, 0.1) is 5.82 Å². The van der Waals surface area contributed by atoms with Gasteiger partial charge >= 0.3 is 0 Å². The third-order valence-electron chi connectivity index (χ3n) is 4.30. The summed E-state index contributed by atoms with van der Waals surface area (Å²) < 4.78 is 20.2. The molecule has 0 bridgehead atoms. The van der Waals surface area contributed by atoms with Gasteiger partial charge in [0.1, 0.15) is 17.3 Å². The number of hydrogen-bond acceptors (Lipinski definition) is 5. The molecule has 9 heteroatoms. The summed E-state index contributed by atoms with van der Waals surface area (Å²) in [4.78, 5) is 31.8. The highest BCUT2D eigenvalue weighted by molar-refractivity contribution is 6.04. The molecular weight excluding hydrogens is 389 g/mol. The number of aryl methyl sites for hydroxylation is 1. The first-order chi connectivity index (χ1) is 14.5. The van der Waals surface area contributed by atoms with E-state index in [1.54, 1.807) is 18.2 Å². The summed E-state index contributed by atoms with van der Waals surface area (Å²) in [7, 11) is 0. The third-order valence-corrected chi connectivity index (χ3v) is 4.30. The first-order valence-electron chi connectivity index (χ1n) is 9.35. The number of carbonyl (C=O) groups excluding carboxylic acids is 1. The predicted octanol–water partition coefficient (Wildman–Crippen LogP) is 3.56. The van der Waals surface area contributed by atoms with Crippen molar-refractivity contribution >= 4 is 11.7 Å². The molecule has 0 unspecified atom stereocenters. The van der Waals surface area contributed by atoms with E-state index in [1.165, 1.54) is 35.2 Å². The lowest BCUT2D eigenvalue weighted by Crippen LogP contribution is -2.19. The highest BCUT2D eigenvalue weighted by Crippen LogP contribution is 2.24. The van der Waals surface area contributed by atoms with Crippen LogP contribution < -0.4 is 10.9 Å². The van der Waals surface area contributed by atoms with Gasteiger partial charge in [-0.2, -0.15) is 9.78 Å². The molecule has 0 aliphatic rings. The number of hydrogen-bond donors (Lipinski definition) is 2. The standard InChI is InChI=1S/C21H18FN5O3/c1-2-5-15-11-19(28)25-21(23-15)27-18(12-16(26-27)17-8-4-9-30-17)24-20(29)13-6-3-7-14(22)10-13/h3-4,6-12H,2,5H2,1H3,(H,24,29)(H,23,25,28). The Morgan fingerprint density at radius 2 is 2.10 bits per heavy atom.